The molecule has 2 heterocycles. The molecule has 23 heavy (non-hydrogen) atoms. The lowest BCUT2D eigenvalue weighted by atomic mass is 10.1. The molecule has 2 atom stereocenters. The smallest absolute Gasteiger partial charge is 0.260 e. The lowest BCUT2D eigenvalue weighted by molar-refractivity contribution is 0.0717. The summed E-state index contributed by atoms with van der Waals surface area (Å²) in [6.07, 6.45) is 2.92. The molecule has 1 amide bonds. The van der Waals surface area contributed by atoms with Crippen LogP contribution in [-0.2, 0) is 0 Å². The van der Waals surface area contributed by atoms with E-state index in [4.69, 9.17) is 0 Å². The Morgan fingerprint density at radius 2 is 1.91 bits per heavy atom. The van der Waals surface area contributed by atoms with Gasteiger partial charge in [0.1, 0.15) is 11.4 Å². The Kier molecular flexibility index (Phi) is 4.27. The quantitative estimate of drug-likeness (QED) is 0.910. The first-order valence-corrected chi connectivity index (χ1v) is 8.13. The van der Waals surface area contributed by atoms with Crippen LogP contribution < -0.4 is 0 Å². The molecule has 3 rings (SSSR count). The highest BCUT2D eigenvalue weighted by Crippen LogP contribution is 2.33. The normalized spacial score (nSPS) is 25.0. The van der Waals surface area contributed by atoms with Crippen molar-refractivity contribution in [2.75, 3.05) is 13.1 Å². The molecule has 2 aliphatic heterocycles. The zero-order valence-corrected chi connectivity index (χ0v) is 13.4. The van der Waals surface area contributed by atoms with E-state index in [1.807, 2.05) is 0 Å². The van der Waals surface area contributed by atoms with Crippen molar-refractivity contribution in [1.82, 2.24) is 9.80 Å². The zero-order valence-electron chi connectivity index (χ0n) is 13.4. The van der Waals surface area contributed by atoms with E-state index < -0.39 is 28.9 Å². The Hall–Kier alpha value is -1.69. The van der Waals surface area contributed by atoms with E-state index in [2.05, 4.69) is 18.7 Å². The molecule has 0 spiro atoms. The fourth-order valence-electron chi connectivity index (χ4n) is 4.03. The second-order valence-electron chi connectivity index (χ2n) is 6.72. The first kappa shape index (κ1) is 16.2. The molecule has 126 valence electrons. The summed E-state index contributed by atoms with van der Waals surface area (Å²) in [6, 6.07) is 2.89. The summed E-state index contributed by atoms with van der Waals surface area (Å²) < 4.78 is 27.9. The maximum Gasteiger partial charge on any atom is 0.260 e. The maximum absolute atomic E-state index is 14.0. The largest absolute Gasteiger partial charge is 0.505 e. The Labute approximate surface area is 134 Å². The minimum absolute atomic E-state index is 0.231. The Morgan fingerprint density at radius 3 is 2.61 bits per heavy atom. The number of aromatic hydroxyl groups is 1. The van der Waals surface area contributed by atoms with Crippen molar-refractivity contribution in [3.05, 3.63) is 29.3 Å². The molecule has 0 aromatic heterocycles. The Morgan fingerprint density at radius 1 is 1.22 bits per heavy atom. The molecule has 2 aliphatic rings. The minimum atomic E-state index is -1.18. The lowest BCUT2D eigenvalue weighted by Gasteiger charge is -2.32. The second kappa shape index (κ2) is 6.07. The molecule has 4 nitrogen and oxygen atoms in total. The molecule has 6 heteroatoms. The van der Waals surface area contributed by atoms with E-state index in [1.54, 1.807) is 0 Å². The van der Waals surface area contributed by atoms with Crippen molar-refractivity contribution in [1.29, 1.82) is 0 Å². The number of carbonyl (C=O) groups is 1. The lowest BCUT2D eigenvalue weighted by Crippen LogP contribution is -2.44. The number of nitrogens with zero attached hydrogens (tertiary/aromatic N) is 2. The van der Waals surface area contributed by atoms with E-state index in [1.165, 1.54) is 4.90 Å². The van der Waals surface area contributed by atoms with Crippen LogP contribution >= 0.6 is 0 Å². The monoisotopic (exact) mass is 324 g/mol. The number of carbonyl (C=O) groups excluding carboxylic acids is 1. The third-order valence-electron chi connectivity index (χ3n) is 5.01. The van der Waals surface area contributed by atoms with Crippen molar-refractivity contribution in [3.8, 4) is 5.75 Å². The molecule has 0 saturated carbocycles. The highest BCUT2D eigenvalue weighted by atomic mass is 19.1. The van der Waals surface area contributed by atoms with Crippen LogP contribution in [-0.4, -0.2) is 52.0 Å². The van der Waals surface area contributed by atoms with Gasteiger partial charge in [0.15, 0.2) is 11.6 Å². The molecule has 1 aromatic carbocycles. The molecule has 2 bridgehead atoms. The van der Waals surface area contributed by atoms with Gasteiger partial charge in [-0.1, -0.05) is 0 Å². The van der Waals surface area contributed by atoms with Gasteiger partial charge in [0.05, 0.1) is 0 Å². The number of likely N-dealkylation sites (tertiary alicyclic amines) is 1. The minimum Gasteiger partial charge on any atom is -0.505 e. The fraction of sp³-hybridized carbons (Fsp3) is 0.588. The summed E-state index contributed by atoms with van der Waals surface area (Å²) in [6.45, 7) is 5.23. The molecular formula is C17H22F2N2O2. The standard InChI is InChI=1S/C17H22F2N2O2/c1-10(2)21-11-3-4-12(21)9-20(8-7-11)17(23)15-13(18)5-6-14(22)16(15)19/h5-6,10-12,22H,3-4,7-9H2,1-2H3. The molecule has 2 saturated heterocycles. The third-order valence-corrected chi connectivity index (χ3v) is 5.01. The van der Waals surface area contributed by atoms with Crippen molar-refractivity contribution < 1.29 is 18.7 Å². The van der Waals surface area contributed by atoms with Gasteiger partial charge in [0, 0.05) is 31.2 Å². The number of phenols is 1. The van der Waals surface area contributed by atoms with Gasteiger partial charge in [-0.05, 0) is 45.2 Å². The number of amides is 1. The predicted molar refractivity (Wildman–Crippen MR) is 82.3 cm³/mol. The summed E-state index contributed by atoms with van der Waals surface area (Å²) in [5.41, 5.74) is -0.654. The molecule has 0 aliphatic carbocycles. The first-order chi connectivity index (χ1) is 10.9. The summed E-state index contributed by atoms with van der Waals surface area (Å²) in [7, 11) is 0. The molecular weight excluding hydrogens is 302 g/mol. The topological polar surface area (TPSA) is 43.8 Å². The van der Waals surface area contributed by atoms with Crippen molar-refractivity contribution in [2.24, 2.45) is 0 Å². The van der Waals surface area contributed by atoms with Crippen LogP contribution in [0.5, 0.6) is 5.75 Å². The highest BCUT2D eigenvalue weighted by molar-refractivity contribution is 5.95. The second-order valence-corrected chi connectivity index (χ2v) is 6.72. The number of fused-ring (bicyclic) bond motifs is 2. The number of phenolic OH excluding ortho intramolecular Hbond substituents is 1. The molecule has 0 radical (unpaired) electrons. The van der Waals surface area contributed by atoms with Crippen LogP contribution in [0.25, 0.3) is 0 Å². The van der Waals surface area contributed by atoms with Crippen molar-refractivity contribution in [2.45, 2.75) is 51.2 Å². The van der Waals surface area contributed by atoms with Gasteiger partial charge in [-0.2, -0.15) is 0 Å². The Balaban J connectivity index is 1.86. The number of hydrogen-bond donors (Lipinski definition) is 1. The van der Waals surface area contributed by atoms with Crippen LogP contribution in [0.3, 0.4) is 0 Å². The summed E-state index contributed by atoms with van der Waals surface area (Å²) >= 11 is 0. The molecule has 2 unspecified atom stereocenters. The third kappa shape index (κ3) is 2.80. The molecule has 1 aromatic rings. The van der Waals surface area contributed by atoms with E-state index in [-0.39, 0.29) is 6.04 Å². The van der Waals surface area contributed by atoms with Gasteiger partial charge >= 0.3 is 0 Å². The van der Waals surface area contributed by atoms with E-state index in [0.29, 0.717) is 25.2 Å². The SMILES string of the molecule is CC(C)N1C2CCC1CN(C(=O)c1c(F)ccc(O)c1F)CC2. The van der Waals surface area contributed by atoms with Crippen LogP contribution in [0.1, 0.15) is 43.5 Å². The number of benzene rings is 1. The number of rotatable bonds is 2. The fourth-order valence-corrected chi connectivity index (χ4v) is 4.03. The van der Waals surface area contributed by atoms with Crippen LogP contribution in [0.15, 0.2) is 12.1 Å². The average Bonchev–Trinajstić information content (AvgIpc) is 2.78. The Bertz CT molecular complexity index is 621. The van der Waals surface area contributed by atoms with Crippen LogP contribution in [0.2, 0.25) is 0 Å². The van der Waals surface area contributed by atoms with Crippen molar-refractivity contribution >= 4 is 5.91 Å². The van der Waals surface area contributed by atoms with E-state index >= 15 is 0 Å². The predicted octanol–water partition coefficient (Wildman–Crippen LogP) is 2.76. The highest BCUT2D eigenvalue weighted by Gasteiger charge is 2.40. The van der Waals surface area contributed by atoms with Crippen LogP contribution in [0.4, 0.5) is 8.78 Å². The molecule has 2 fully saturated rings. The first-order valence-electron chi connectivity index (χ1n) is 8.13. The number of halogens is 2. The van der Waals surface area contributed by atoms with E-state index in [0.717, 1.165) is 31.4 Å². The van der Waals surface area contributed by atoms with Gasteiger partial charge in [0.25, 0.3) is 5.91 Å². The zero-order chi connectivity index (χ0) is 16.7. The van der Waals surface area contributed by atoms with Gasteiger partial charge < -0.3 is 10.0 Å². The summed E-state index contributed by atoms with van der Waals surface area (Å²) in [5, 5.41) is 9.43. The average molecular weight is 324 g/mol. The van der Waals surface area contributed by atoms with Gasteiger partial charge in [-0.25, -0.2) is 8.78 Å². The number of hydrogen-bond acceptors (Lipinski definition) is 3. The van der Waals surface area contributed by atoms with Crippen molar-refractivity contribution in [3.63, 3.8) is 0 Å². The van der Waals surface area contributed by atoms with Gasteiger partial charge in [0.2, 0.25) is 0 Å². The van der Waals surface area contributed by atoms with Gasteiger partial charge in [-0.15, -0.1) is 0 Å². The van der Waals surface area contributed by atoms with Gasteiger partial charge in [-0.3, -0.25) is 9.69 Å². The van der Waals surface area contributed by atoms with E-state index in [9.17, 15) is 18.7 Å². The molecule has 1 N–H and O–H groups in total. The maximum atomic E-state index is 14.0. The van der Waals surface area contributed by atoms with Crippen LogP contribution in [0, 0.1) is 11.6 Å². The summed E-state index contributed by atoms with van der Waals surface area (Å²) in [5.74, 6) is -3.48. The summed E-state index contributed by atoms with van der Waals surface area (Å²) in [4.78, 5) is 16.6.